The standard InChI is InChI=1S/C10H8F3IO2/c11-10(12,13)9-6(4-5-8(15)16)2-1-3-7(9)14/h1-3H,4-5H2,(H,15,16). The highest BCUT2D eigenvalue weighted by atomic mass is 127. The highest BCUT2D eigenvalue weighted by Crippen LogP contribution is 2.35. The van der Waals surface area contributed by atoms with E-state index in [4.69, 9.17) is 5.11 Å². The molecule has 0 unspecified atom stereocenters. The van der Waals surface area contributed by atoms with E-state index in [-0.39, 0.29) is 22.0 Å². The summed E-state index contributed by atoms with van der Waals surface area (Å²) >= 11 is 1.60. The van der Waals surface area contributed by atoms with Crippen LogP contribution in [0.2, 0.25) is 0 Å². The molecule has 0 aliphatic heterocycles. The summed E-state index contributed by atoms with van der Waals surface area (Å²) in [5, 5.41) is 8.45. The average Bonchev–Trinajstić information content (AvgIpc) is 2.12. The van der Waals surface area contributed by atoms with E-state index >= 15 is 0 Å². The third-order valence-corrected chi connectivity index (χ3v) is 2.89. The van der Waals surface area contributed by atoms with Gasteiger partial charge in [-0.15, -0.1) is 0 Å². The number of carbonyl (C=O) groups is 1. The minimum Gasteiger partial charge on any atom is -0.481 e. The fourth-order valence-electron chi connectivity index (χ4n) is 1.34. The smallest absolute Gasteiger partial charge is 0.417 e. The van der Waals surface area contributed by atoms with Crippen LogP contribution in [0.5, 0.6) is 0 Å². The Morgan fingerprint density at radius 2 is 2.00 bits per heavy atom. The molecule has 6 heteroatoms. The van der Waals surface area contributed by atoms with Gasteiger partial charge in [0.1, 0.15) is 0 Å². The molecule has 0 atom stereocenters. The van der Waals surface area contributed by atoms with E-state index in [0.29, 0.717) is 0 Å². The second kappa shape index (κ2) is 5.03. The SMILES string of the molecule is O=C(O)CCc1cccc(I)c1C(F)(F)F. The number of alkyl halides is 3. The predicted octanol–water partition coefficient (Wildman–Crippen LogP) is 3.33. The topological polar surface area (TPSA) is 37.3 Å². The lowest BCUT2D eigenvalue weighted by atomic mass is 10.0. The van der Waals surface area contributed by atoms with Gasteiger partial charge < -0.3 is 5.11 Å². The quantitative estimate of drug-likeness (QED) is 0.855. The monoisotopic (exact) mass is 344 g/mol. The lowest BCUT2D eigenvalue weighted by Gasteiger charge is -2.13. The lowest BCUT2D eigenvalue weighted by molar-refractivity contribution is -0.140. The molecule has 0 fully saturated rings. The van der Waals surface area contributed by atoms with Crippen LogP contribution >= 0.6 is 22.6 Å². The summed E-state index contributed by atoms with van der Waals surface area (Å²) in [7, 11) is 0. The first-order chi connectivity index (χ1) is 7.32. The first kappa shape index (κ1) is 13.3. The normalized spacial score (nSPS) is 11.5. The lowest BCUT2D eigenvalue weighted by Crippen LogP contribution is -2.12. The van der Waals surface area contributed by atoms with Crippen LogP contribution in [-0.4, -0.2) is 11.1 Å². The third-order valence-electron chi connectivity index (χ3n) is 1.99. The largest absolute Gasteiger partial charge is 0.481 e. The summed E-state index contributed by atoms with van der Waals surface area (Å²) in [6, 6.07) is 4.16. The van der Waals surface area contributed by atoms with E-state index in [2.05, 4.69) is 0 Å². The third kappa shape index (κ3) is 3.36. The van der Waals surface area contributed by atoms with E-state index in [0.717, 1.165) is 0 Å². The Kier molecular flexibility index (Phi) is 4.17. The molecule has 0 aliphatic carbocycles. The fraction of sp³-hybridized carbons (Fsp3) is 0.300. The van der Waals surface area contributed by atoms with E-state index in [1.54, 1.807) is 22.6 Å². The van der Waals surface area contributed by atoms with Crippen molar-refractivity contribution in [3.05, 3.63) is 32.9 Å². The van der Waals surface area contributed by atoms with Crippen LogP contribution in [0.3, 0.4) is 0 Å². The zero-order valence-electron chi connectivity index (χ0n) is 8.01. The molecule has 0 aromatic heterocycles. The molecule has 0 spiro atoms. The molecule has 0 amide bonds. The van der Waals surface area contributed by atoms with Crippen LogP contribution in [-0.2, 0) is 17.4 Å². The van der Waals surface area contributed by atoms with Crippen molar-refractivity contribution in [2.75, 3.05) is 0 Å². The van der Waals surface area contributed by atoms with Crippen molar-refractivity contribution in [3.63, 3.8) is 0 Å². The highest BCUT2D eigenvalue weighted by Gasteiger charge is 2.35. The Hall–Kier alpha value is -0.790. The van der Waals surface area contributed by atoms with Gasteiger partial charge in [0.2, 0.25) is 0 Å². The maximum absolute atomic E-state index is 12.7. The molecule has 16 heavy (non-hydrogen) atoms. The number of aliphatic carboxylic acids is 1. The number of halogens is 4. The van der Waals surface area contributed by atoms with E-state index in [1.165, 1.54) is 18.2 Å². The molecule has 0 saturated carbocycles. The predicted molar refractivity (Wildman–Crippen MR) is 60.1 cm³/mol. The zero-order chi connectivity index (χ0) is 12.3. The van der Waals surface area contributed by atoms with Crippen LogP contribution in [0.1, 0.15) is 17.5 Å². The maximum atomic E-state index is 12.7. The van der Waals surface area contributed by atoms with Crippen LogP contribution in [0.4, 0.5) is 13.2 Å². The van der Waals surface area contributed by atoms with Crippen LogP contribution in [0.15, 0.2) is 18.2 Å². The molecule has 0 aliphatic rings. The van der Waals surface area contributed by atoms with Gasteiger partial charge in [-0.1, -0.05) is 12.1 Å². The number of hydrogen-bond donors (Lipinski definition) is 1. The van der Waals surface area contributed by atoms with Crippen molar-refractivity contribution < 1.29 is 23.1 Å². The number of carboxylic acid groups (broad SMARTS) is 1. The molecular weight excluding hydrogens is 336 g/mol. The zero-order valence-corrected chi connectivity index (χ0v) is 10.2. The molecule has 0 saturated heterocycles. The van der Waals surface area contributed by atoms with Gasteiger partial charge in [0, 0.05) is 9.99 Å². The minimum absolute atomic E-state index is 0.0294. The molecule has 1 N–H and O–H groups in total. The van der Waals surface area contributed by atoms with Crippen LogP contribution < -0.4 is 0 Å². The van der Waals surface area contributed by atoms with Gasteiger partial charge in [-0.05, 0) is 40.6 Å². The fourth-order valence-corrected chi connectivity index (χ4v) is 2.20. The maximum Gasteiger partial charge on any atom is 0.417 e. The van der Waals surface area contributed by atoms with Gasteiger partial charge in [0.05, 0.1) is 5.56 Å². The van der Waals surface area contributed by atoms with Crippen molar-refractivity contribution in [3.8, 4) is 0 Å². The van der Waals surface area contributed by atoms with Crippen molar-refractivity contribution in [1.82, 2.24) is 0 Å². The van der Waals surface area contributed by atoms with Gasteiger partial charge in [-0.2, -0.15) is 13.2 Å². The average molecular weight is 344 g/mol. The molecule has 0 heterocycles. The molecule has 0 bridgehead atoms. The Bertz CT molecular complexity index is 402. The summed E-state index contributed by atoms with van der Waals surface area (Å²) in [5.41, 5.74) is -0.696. The Morgan fingerprint density at radius 3 is 2.50 bits per heavy atom. The molecule has 1 rings (SSSR count). The van der Waals surface area contributed by atoms with E-state index in [1.807, 2.05) is 0 Å². The van der Waals surface area contributed by atoms with Gasteiger partial charge in [-0.3, -0.25) is 4.79 Å². The summed E-state index contributed by atoms with van der Waals surface area (Å²) in [4.78, 5) is 10.3. The first-order valence-electron chi connectivity index (χ1n) is 4.38. The van der Waals surface area contributed by atoms with Gasteiger partial charge in [-0.25, -0.2) is 0 Å². The number of benzene rings is 1. The molecule has 0 radical (unpaired) electrons. The Morgan fingerprint density at radius 1 is 1.38 bits per heavy atom. The van der Waals surface area contributed by atoms with E-state index in [9.17, 15) is 18.0 Å². The second-order valence-electron chi connectivity index (χ2n) is 3.17. The van der Waals surface area contributed by atoms with Gasteiger partial charge >= 0.3 is 12.1 Å². The summed E-state index contributed by atoms with van der Waals surface area (Å²) < 4.78 is 38.1. The van der Waals surface area contributed by atoms with E-state index < -0.39 is 17.7 Å². The number of carboxylic acids is 1. The van der Waals surface area contributed by atoms with Crippen molar-refractivity contribution in [2.24, 2.45) is 0 Å². The van der Waals surface area contributed by atoms with Gasteiger partial charge in [0.15, 0.2) is 0 Å². The highest BCUT2D eigenvalue weighted by molar-refractivity contribution is 14.1. The number of aryl methyl sites for hydroxylation is 1. The summed E-state index contributed by atoms with van der Waals surface area (Å²) in [6.07, 6.45) is -4.85. The minimum atomic E-state index is -4.44. The number of rotatable bonds is 3. The summed E-state index contributed by atoms with van der Waals surface area (Å²) in [5.74, 6) is -1.10. The number of hydrogen-bond acceptors (Lipinski definition) is 1. The molecule has 2 nitrogen and oxygen atoms in total. The van der Waals surface area contributed by atoms with Crippen LogP contribution in [0, 0.1) is 3.57 Å². The Balaban J connectivity index is 3.08. The van der Waals surface area contributed by atoms with Crippen molar-refractivity contribution in [2.45, 2.75) is 19.0 Å². The summed E-state index contributed by atoms with van der Waals surface area (Å²) in [6.45, 7) is 0. The molecule has 88 valence electrons. The molecular formula is C10H8F3IO2. The van der Waals surface area contributed by atoms with Crippen LogP contribution in [0.25, 0.3) is 0 Å². The first-order valence-corrected chi connectivity index (χ1v) is 5.46. The molecule has 1 aromatic carbocycles. The molecule has 1 aromatic rings. The Labute approximate surface area is 104 Å². The van der Waals surface area contributed by atoms with Crippen molar-refractivity contribution >= 4 is 28.6 Å². The second-order valence-corrected chi connectivity index (χ2v) is 4.33. The van der Waals surface area contributed by atoms with Gasteiger partial charge in [0.25, 0.3) is 0 Å². The van der Waals surface area contributed by atoms with Crippen molar-refractivity contribution in [1.29, 1.82) is 0 Å².